The Hall–Kier alpha value is -4.96. The summed E-state index contributed by atoms with van der Waals surface area (Å²) >= 11 is 0. The van der Waals surface area contributed by atoms with Crippen molar-refractivity contribution in [1.82, 2.24) is 21.3 Å². The van der Waals surface area contributed by atoms with Gasteiger partial charge >= 0.3 is 5.97 Å². The Morgan fingerprint density at radius 3 is 1.31 bits per heavy atom. The summed E-state index contributed by atoms with van der Waals surface area (Å²) in [7, 11) is 0. The molecular formula is C27H55N15O7. The molecular weight excluding hydrogens is 646 g/mol. The third-order valence-corrected chi connectivity index (χ3v) is 6.84. The van der Waals surface area contributed by atoms with Crippen LogP contribution in [-0.2, 0) is 24.0 Å². The number of aliphatic imine (C=N–C) groups is 3. The van der Waals surface area contributed by atoms with Crippen molar-refractivity contribution in [1.29, 1.82) is 0 Å². The monoisotopic (exact) mass is 701 g/mol. The number of carboxylic acids is 1. The van der Waals surface area contributed by atoms with Crippen LogP contribution in [0.4, 0.5) is 0 Å². The zero-order chi connectivity index (χ0) is 37.4. The van der Waals surface area contributed by atoms with Crippen molar-refractivity contribution in [2.45, 2.75) is 88.0 Å². The Kier molecular flexibility index (Phi) is 22.6. The normalized spacial score (nSPS) is 13.7. The van der Waals surface area contributed by atoms with Gasteiger partial charge in [-0.05, 0) is 64.3 Å². The van der Waals surface area contributed by atoms with Crippen LogP contribution < -0.4 is 67.1 Å². The second kappa shape index (κ2) is 25.1. The van der Waals surface area contributed by atoms with E-state index in [2.05, 4.69) is 36.2 Å². The second-order valence-corrected chi connectivity index (χ2v) is 11.0. The predicted octanol–water partition coefficient (Wildman–Crippen LogP) is -6.38. The Labute approximate surface area is 284 Å². The molecule has 0 aromatic heterocycles. The number of amides is 4. The summed E-state index contributed by atoms with van der Waals surface area (Å²) in [6.45, 7) is -0.0465. The van der Waals surface area contributed by atoms with Gasteiger partial charge in [0.25, 0.3) is 0 Å². The van der Waals surface area contributed by atoms with E-state index in [-0.39, 0.29) is 76.0 Å². The van der Waals surface area contributed by atoms with Gasteiger partial charge in [0.1, 0.15) is 24.2 Å². The fourth-order valence-corrected chi connectivity index (χ4v) is 4.24. The van der Waals surface area contributed by atoms with Gasteiger partial charge in [-0.15, -0.1) is 0 Å². The molecule has 280 valence electrons. The summed E-state index contributed by atoms with van der Waals surface area (Å²) in [6.07, 6.45) is 1.95. The highest BCUT2D eigenvalue weighted by Crippen LogP contribution is 2.07. The average Bonchev–Trinajstić information content (AvgIpc) is 3.03. The molecule has 0 fully saturated rings. The average molecular weight is 702 g/mol. The van der Waals surface area contributed by atoms with Gasteiger partial charge in [0.2, 0.25) is 23.6 Å². The van der Waals surface area contributed by atoms with Crippen LogP contribution in [0.5, 0.6) is 0 Å². The van der Waals surface area contributed by atoms with Gasteiger partial charge in [-0.2, -0.15) is 0 Å². The summed E-state index contributed by atoms with van der Waals surface area (Å²) in [5.41, 5.74) is 43.3. The number of aliphatic hydroxyl groups is 1. The molecule has 0 rings (SSSR count). The number of nitrogens with one attached hydrogen (secondary N) is 4. The van der Waals surface area contributed by atoms with Gasteiger partial charge in [0.15, 0.2) is 17.9 Å². The molecule has 5 atom stereocenters. The number of unbranched alkanes of at least 4 members (excludes halogenated alkanes) is 1. The van der Waals surface area contributed by atoms with E-state index in [1.165, 1.54) is 0 Å². The van der Waals surface area contributed by atoms with Crippen LogP contribution in [0.15, 0.2) is 15.0 Å². The Morgan fingerprint density at radius 1 is 0.531 bits per heavy atom. The van der Waals surface area contributed by atoms with Crippen molar-refractivity contribution in [2.75, 3.05) is 32.8 Å². The molecule has 0 bridgehead atoms. The number of nitrogens with two attached hydrogens (primary N) is 8. The molecule has 0 spiro atoms. The van der Waals surface area contributed by atoms with Crippen LogP contribution in [0.25, 0.3) is 0 Å². The van der Waals surface area contributed by atoms with E-state index in [0.29, 0.717) is 25.8 Å². The number of nitrogens with zero attached hydrogens (tertiary/aromatic N) is 3. The van der Waals surface area contributed by atoms with E-state index in [1.54, 1.807) is 0 Å². The maximum absolute atomic E-state index is 13.5. The highest BCUT2D eigenvalue weighted by Gasteiger charge is 2.31. The summed E-state index contributed by atoms with van der Waals surface area (Å²) in [6, 6.07) is -6.33. The molecule has 0 aliphatic rings. The van der Waals surface area contributed by atoms with E-state index < -0.39 is 66.4 Å². The van der Waals surface area contributed by atoms with E-state index >= 15 is 0 Å². The van der Waals surface area contributed by atoms with E-state index in [4.69, 9.17) is 45.9 Å². The molecule has 0 aromatic carbocycles. The number of guanidine groups is 3. The minimum absolute atomic E-state index is 0.00540. The second-order valence-electron chi connectivity index (χ2n) is 11.0. The highest BCUT2D eigenvalue weighted by atomic mass is 16.4. The van der Waals surface area contributed by atoms with Gasteiger partial charge < -0.3 is 77.3 Å². The maximum atomic E-state index is 13.5. The fraction of sp³-hybridized carbons (Fsp3) is 0.704. The minimum Gasteiger partial charge on any atom is -0.480 e. The molecule has 0 radical (unpaired) electrons. The number of aliphatic hydroxyl groups excluding tert-OH is 1. The van der Waals surface area contributed by atoms with E-state index in [1.807, 2.05) is 0 Å². The Balaban J connectivity index is 5.82. The molecule has 49 heavy (non-hydrogen) atoms. The smallest absolute Gasteiger partial charge is 0.326 e. The molecule has 4 amide bonds. The van der Waals surface area contributed by atoms with Crippen LogP contribution in [0.2, 0.25) is 0 Å². The first-order valence-corrected chi connectivity index (χ1v) is 15.8. The standard InChI is InChI=1S/C27H55N15O7/c28-10-2-1-7-16(40-23(47)19(14-43)42-20(44)15(29)6-3-11-36-25(30)31)21(45)39-17(8-4-12-37-26(32)33)22(46)41-18(24(48)49)9-5-13-38-27(34)35/h15-19,43H,1-14,28-29H2,(H,39,45)(H,40,47)(H,41,46)(H,42,44)(H,48,49)(H4,30,31,36)(H4,32,33,37)(H4,34,35,38)/t15-,16-,17-,18-,19-/m0/s1. The fourth-order valence-electron chi connectivity index (χ4n) is 4.24. The number of carboxylic acid groups (broad SMARTS) is 1. The number of carbonyl (C=O) groups excluding carboxylic acids is 4. The lowest BCUT2D eigenvalue weighted by Crippen LogP contribution is -2.59. The van der Waals surface area contributed by atoms with Gasteiger partial charge in [0, 0.05) is 19.6 Å². The lowest BCUT2D eigenvalue weighted by molar-refractivity contribution is -0.142. The van der Waals surface area contributed by atoms with Gasteiger partial charge in [-0.25, -0.2) is 4.79 Å². The van der Waals surface area contributed by atoms with Crippen LogP contribution in [0.3, 0.4) is 0 Å². The lowest BCUT2D eigenvalue weighted by atomic mass is 10.0. The SMILES string of the molecule is NCCCC[C@H](NC(=O)[C@H](CO)NC(=O)[C@@H](N)CCCN=C(N)N)C(=O)N[C@@H](CCCN=C(N)N)C(=O)N[C@@H](CCCN=C(N)N)C(=O)O. The number of hydrogen-bond acceptors (Lipinski definition) is 11. The molecule has 0 saturated heterocycles. The molecule has 0 unspecified atom stereocenters. The third kappa shape index (κ3) is 20.8. The van der Waals surface area contributed by atoms with Crippen molar-refractivity contribution in [2.24, 2.45) is 60.8 Å². The molecule has 0 aromatic rings. The van der Waals surface area contributed by atoms with Gasteiger partial charge in [-0.3, -0.25) is 34.2 Å². The summed E-state index contributed by atoms with van der Waals surface area (Å²) in [4.78, 5) is 75.8. The Bertz CT molecular complexity index is 1140. The first-order chi connectivity index (χ1) is 23.1. The van der Waals surface area contributed by atoms with Crippen molar-refractivity contribution in [3.8, 4) is 0 Å². The zero-order valence-corrected chi connectivity index (χ0v) is 27.7. The first-order valence-electron chi connectivity index (χ1n) is 15.8. The topological polar surface area (TPSA) is 419 Å². The van der Waals surface area contributed by atoms with E-state index in [0.717, 1.165) is 0 Å². The summed E-state index contributed by atoms with van der Waals surface area (Å²) in [5, 5.41) is 29.3. The maximum Gasteiger partial charge on any atom is 0.326 e. The molecule has 0 aliphatic carbocycles. The largest absolute Gasteiger partial charge is 0.480 e. The predicted molar refractivity (Wildman–Crippen MR) is 183 cm³/mol. The first kappa shape index (κ1) is 44.0. The number of rotatable bonds is 26. The Morgan fingerprint density at radius 2 is 0.898 bits per heavy atom. The minimum atomic E-state index is -1.46. The molecule has 0 saturated carbocycles. The summed E-state index contributed by atoms with van der Waals surface area (Å²) < 4.78 is 0. The van der Waals surface area contributed by atoms with Crippen LogP contribution in [0, 0.1) is 0 Å². The lowest BCUT2D eigenvalue weighted by Gasteiger charge is -2.26. The van der Waals surface area contributed by atoms with E-state index in [9.17, 15) is 34.2 Å². The van der Waals surface area contributed by atoms with Crippen molar-refractivity contribution in [3.63, 3.8) is 0 Å². The van der Waals surface area contributed by atoms with Gasteiger partial charge in [-0.1, -0.05) is 0 Å². The van der Waals surface area contributed by atoms with Crippen LogP contribution >= 0.6 is 0 Å². The zero-order valence-electron chi connectivity index (χ0n) is 27.7. The van der Waals surface area contributed by atoms with Crippen molar-refractivity contribution in [3.05, 3.63) is 0 Å². The number of hydrogen-bond donors (Lipinski definition) is 14. The van der Waals surface area contributed by atoms with Crippen molar-refractivity contribution >= 4 is 47.5 Å². The van der Waals surface area contributed by atoms with Crippen LogP contribution in [0.1, 0.15) is 57.8 Å². The molecule has 22 heteroatoms. The molecule has 0 aliphatic heterocycles. The molecule has 22 nitrogen and oxygen atoms in total. The van der Waals surface area contributed by atoms with Crippen LogP contribution in [-0.4, -0.2) is 121 Å². The highest BCUT2D eigenvalue weighted by molar-refractivity contribution is 5.95. The number of carbonyl (C=O) groups is 5. The van der Waals surface area contributed by atoms with Gasteiger partial charge in [0.05, 0.1) is 12.6 Å². The third-order valence-electron chi connectivity index (χ3n) is 6.84. The molecule has 22 N–H and O–H groups in total. The molecule has 0 heterocycles. The number of aliphatic carboxylic acids is 1. The van der Waals surface area contributed by atoms with Crippen molar-refractivity contribution < 1.29 is 34.2 Å². The quantitative estimate of drug-likeness (QED) is 0.0226. The summed E-state index contributed by atoms with van der Waals surface area (Å²) in [5.74, 6) is -5.00.